The average molecular weight is 362 g/mol. The summed E-state index contributed by atoms with van der Waals surface area (Å²) in [5.41, 5.74) is -0.214. The predicted molar refractivity (Wildman–Crippen MR) is 89.7 cm³/mol. The monoisotopic (exact) mass is 362 g/mol. The van der Waals surface area contributed by atoms with E-state index in [2.05, 4.69) is 5.32 Å². The highest BCUT2D eigenvalue weighted by Gasteiger charge is 2.25. The Kier molecular flexibility index (Phi) is 5.84. The van der Waals surface area contributed by atoms with Gasteiger partial charge in [-0.1, -0.05) is 12.1 Å². The SMILES string of the molecule is COc1ccc(NC(=O)C[C@@H](C(=O)O)c2ccc(F)cc2)c([N+](=O)[O-])c1. The Morgan fingerprint density at radius 3 is 2.46 bits per heavy atom. The molecule has 0 aliphatic carbocycles. The molecule has 9 heteroatoms. The van der Waals surface area contributed by atoms with Crippen molar-refractivity contribution >= 4 is 23.3 Å². The van der Waals surface area contributed by atoms with Gasteiger partial charge in [0.15, 0.2) is 0 Å². The van der Waals surface area contributed by atoms with Gasteiger partial charge in [-0.15, -0.1) is 0 Å². The first-order chi connectivity index (χ1) is 12.3. The maximum Gasteiger partial charge on any atom is 0.311 e. The number of amides is 1. The highest BCUT2D eigenvalue weighted by atomic mass is 19.1. The molecule has 0 spiro atoms. The van der Waals surface area contributed by atoms with Crippen LogP contribution in [0.5, 0.6) is 5.75 Å². The van der Waals surface area contributed by atoms with Gasteiger partial charge in [0.25, 0.3) is 5.69 Å². The topological polar surface area (TPSA) is 119 Å². The molecule has 0 bridgehead atoms. The van der Waals surface area contributed by atoms with Crippen LogP contribution in [-0.2, 0) is 9.59 Å². The molecule has 0 heterocycles. The van der Waals surface area contributed by atoms with Crippen LogP contribution in [-0.4, -0.2) is 29.0 Å². The number of carbonyl (C=O) groups is 2. The fraction of sp³-hybridized carbons (Fsp3) is 0.176. The fourth-order valence-corrected chi connectivity index (χ4v) is 2.32. The Bertz CT molecular complexity index is 838. The summed E-state index contributed by atoms with van der Waals surface area (Å²) >= 11 is 0. The number of hydrogen-bond donors (Lipinski definition) is 2. The summed E-state index contributed by atoms with van der Waals surface area (Å²) in [6, 6.07) is 8.60. The van der Waals surface area contributed by atoms with Gasteiger partial charge in [-0.2, -0.15) is 0 Å². The molecular formula is C17H15FN2O6. The lowest BCUT2D eigenvalue weighted by molar-refractivity contribution is -0.384. The van der Waals surface area contributed by atoms with Crippen molar-refractivity contribution in [3.05, 3.63) is 64.0 Å². The number of nitrogens with zero attached hydrogens (tertiary/aromatic N) is 1. The van der Waals surface area contributed by atoms with E-state index in [9.17, 15) is 29.2 Å². The van der Waals surface area contributed by atoms with E-state index in [1.807, 2.05) is 0 Å². The van der Waals surface area contributed by atoms with Crippen molar-refractivity contribution in [2.24, 2.45) is 0 Å². The summed E-state index contributed by atoms with van der Waals surface area (Å²) in [4.78, 5) is 34.1. The molecule has 1 atom stereocenters. The predicted octanol–water partition coefficient (Wildman–Crippen LogP) is 2.94. The van der Waals surface area contributed by atoms with Gasteiger partial charge in [-0.05, 0) is 29.8 Å². The number of nitro groups is 1. The zero-order chi connectivity index (χ0) is 19.3. The third-order valence-corrected chi connectivity index (χ3v) is 3.64. The zero-order valence-corrected chi connectivity index (χ0v) is 13.6. The quantitative estimate of drug-likeness (QED) is 0.577. The molecule has 0 radical (unpaired) electrons. The summed E-state index contributed by atoms with van der Waals surface area (Å²) in [6.07, 6.45) is -0.468. The maximum absolute atomic E-state index is 13.0. The first kappa shape index (κ1) is 18.8. The number of halogens is 1. The standard InChI is InChI=1S/C17H15FN2O6/c1-26-12-6-7-14(15(8-12)20(24)25)19-16(21)9-13(17(22)23)10-2-4-11(18)5-3-10/h2-8,13H,9H2,1H3,(H,19,21)(H,22,23)/t13-/m1/s1. The largest absolute Gasteiger partial charge is 0.496 e. The number of carboxylic acids is 1. The molecule has 2 aromatic rings. The first-order valence-corrected chi connectivity index (χ1v) is 7.42. The molecule has 0 saturated carbocycles. The van der Waals surface area contributed by atoms with Gasteiger partial charge >= 0.3 is 5.97 Å². The van der Waals surface area contributed by atoms with Crippen molar-refractivity contribution in [3.8, 4) is 5.75 Å². The van der Waals surface area contributed by atoms with Gasteiger partial charge < -0.3 is 15.2 Å². The minimum absolute atomic E-state index is 0.0796. The molecule has 8 nitrogen and oxygen atoms in total. The highest BCUT2D eigenvalue weighted by Crippen LogP contribution is 2.30. The van der Waals surface area contributed by atoms with Crippen LogP contribution in [0.1, 0.15) is 17.9 Å². The van der Waals surface area contributed by atoms with Crippen molar-refractivity contribution in [1.82, 2.24) is 0 Å². The van der Waals surface area contributed by atoms with E-state index in [1.54, 1.807) is 0 Å². The number of hydrogen-bond acceptors (Lipinski definition) is 5. The summed E-state index contributed by atoms with van der Waals surface area (Å²) in [6.45, 7) is 0. The fourth-order valence-electron chi connectivity index (χ4n) is 2.32. The number of methoxy groups -OCH3 is 1. The van der Waals surface area contributed by atoms with E-state index >= 15 is 0 Å². The van der Waals surface area contributed by atoms with E-state index in [0.717, 1.165) is 18.2 Å². The van der Waals surface area contributed by atoms with Crippen molar-refractivity contribution < 1.29 is 28.7 Å². The second-order valence-electron chi connectivity index (χ2n) is 5.33. The van der Waals surface area contributed by atoms with Crippen LogP contribution >= 0.6 is 0 Å². The smallest absolute Gasteiger partial charge is 0.311 e. The number of rotatable bonds is 7. The van der Waals surface area contributed by atoms with Crippen LogP contribution in [0.2, 0.25) is 0 Å². The second kappa shape index (κ2) is 8.06. The van der Waals surface area contributed by atoms with Crippen LogP contribution < -0.4 is 10.1 Å². The molecule has 0 unspecified atom stereocenters. The van der Waals surface area contributed by atoms with Crippen LogP contribution in [0, 0.1) is 15.9 Å². The Hall–Kier alpha value is -3.49. The van der Waals surface area contributed by atoms with E-state index in [-0.39, 0.29) is 22.7 Å². The number of carboxylic acid groups (broad SMARTS) is 1. The number of aliphatic carboxylic acids is 1. The van der Waals surface area contributed by atoms with Crippen molar-refractivity contribution in [2.45, 2.75) is 12.3 Å². The Morgan fingerprint density at radius 2 is 1.92 bits per heavy atom. The average Bonchev–Trinajstić information content (AvgIpc) is 2.60. The van der Waals surface area contributed by atoms with Crippen LogP contribution in [0.25, 0.3) is 0 Å². The minimum Gasteiger partial charge on any atom is -0.496 e. The molecule has 0 aliphatic rings. The summed E-state index contributed by atoms with van der Waals surface area (Å²) in [5, 5.41) is 22.8. The Morgan fingerprint density at radius 1 is 1.27 bits per heavy atom. The van der Waals surface area contributed by atoms with E-state index in [1.165, 1.54) is 31.4 Å². The molecule has 2 N–H and O–H groups in total. The number of benzene rings is 2. The molecule has 1 amide bonds. The first-order valence-electron chi connectivity index (χ1n) is 7.42. The lowest BCUT2D eigenvalue weighted by atomic mass is 9.95. The zero-order valence-electron chi connectivity index (χ0n) is 13.6. The number of nitrogens with one attached hydrogen (secondary N) is 1. The molecule has 2 aromatic carbocycles. The number of anilines is 1. The molecule has 2 rings (SSSR count). The number of nitro benzene ring substituents is 1. The molecule has 136 valence electrons. The molecule has 0 aromatic heterocycles. The number of ether oxygens (including phenoxy) is 1. The van der Waals surface area contributed by atoms with Crippen molar-refractivity contribution in [2.75, 3.05) is 12.4 Å². The normalized spacial score (nSPS) is 11.5. The maximum atomic E-state index is 13.0. The molecular weight excluding hydrogens is 347 g/mol. The van der Waals surface area contributed by atoms with Gasteiger partial charge in [0.2, 0.25) is 5.91 Å². The van der Waals surface area contributed by atoms with Crippen molar-refractivity contribution in [3.63, 3.8) is 0 Å². The summed E-state index contributed by atoms with van der Waals surface area (Å²) in [7, 11) is 1.34. The van der Waals surface area contributed by atoms with Gasteiger partial charge in [-0.3, -0.25) is 19.7 Å². The van der Waals surface area contributed by atoms with Crippen molar-refractivity contribution in [1.29, 1.82) is 0 Å². The highest BCUT2D eigenvalue weighted by molar-refractivity contribution is 5.96. The van der Waals surface area contributed by atoms with Crippen LogP contribution in [0.15, 0.2) is 42.5 Å². The summed E-state index contributed by atoms with van der Waals surface area (Å²) in [5.74, 6) is -3.50. The minimum atomic E-state index is -1.27. The van der Waals surface area contributed by atoms with Gasteiger partial charge in [0.05, 0.1) is 24.0 Å². The van der Waals surface area contributed by atoms with Gasteiger partial charge in [-0.25, -0.2) is 4.39 Å². The van der Waals surface area contributed by atoms with Crippen LogP contribution in [0.4, 0.5) is 15.8 Å². The van der Waals surface area contributed by atoms with E-state index < -0.39 is 35.0 Å². The molecule has 26 heavy (non-hydrogen) atoms. The molecule has 0 aliphatic heterocycles. The van der Waals surface area contributed by atoms with E-state index in [0.29, 0.717) is 0 Å². The molecule has 0 saturated heterocycles. The summed E-state index contributed by atoms with van der Waals surface area (Å²) < 4.78 is 17.9. The Labute approximate surface area is 147 Å². The van der Waals surface area contributed by atoms with E-state index in [4.69, 9.17) is 4.74 Å². The Balaban J connectivity index is 2.20. The number of carbonyl (C=O) groups excluding carboxylic acids is 1. The third kappa shape index (κ3) is 4.53. The van der Waals surface area contributed by atoms with Gasteiger partial charge in [0, 0.05) is 6.42 Å². The lowest BCUT2D eigenvalue weighted by Crippen LogP contribution is -2.21. The second-order valence-corrected chi connectivity index (χ2v) is 5.33. The molecule has 0 fully saturated rings. The van der Waals surface area contributed by atoms with Gasteiger partial charge in [0.1, 0.15) is 17.3 Å². The third-order valence-electron chi connectivity index (χ3n) is 3.64. The van der Waals surface area contributed by atoms with Crippen LogP contribution in [0.3, 0.4) is 0 Å². The lowest BCUT2D eigenvalue weighted by Gasteiger charge is -2.13.